The average Bonchev–Trinajstić information content (AvgIpc) is 2.82. The van der Waals surface area contributed by atoms with Crippen molar-refractivity contribution in [3.05, 3.63) is 40.6 Å². The lowest BCUT2D eigenvalue weighted by molar-refractivity contribution is 0.449. The van der Waals surface area contributed by atoms with Crippen LogP contribution in [0.1, 0.15) is 0 Å². The predicted octanol–water partition coefficient (Wildman–Crippen LogP) is 3.16. The quantitative estimate of drug-likeness (QED) is 0.947. The van der Waals surface area contributed by atoms with Crippen LogP contribution in [0.25, 0.3) is 11.1 Å². The van der Waals surface area contributed by atoms with Gasteiger partial charge in [0, 0.05) is 21.2 Å². The van der Waals surface area contributed by atoms with E-state index in [1.807, 2.05) is 0 Å². The molecule has 1 aromatic heterocycles. The van der Waals surface area contributed by atoms with Gasteiger partial charge >= 0.3 is 0 Å². The van der Waals surface area contributed by atoms with Gasteiger partial charge in [-0.25, -0.2) is 13.1 Å². The first kappa shape index (κ1) is 13.4. The maximum absolute atomic E-state index is 11.8. The van der Waals surface area contributed by atoms with Crippen LogP contribution in [0.2, 0.25) is 10.0 Å². The molecule has 4 nitrogen and oxygen atoms in total. The molecule has 1 aromatic carbocycles. The molecule has 96 valence electrons. The Bertz CT molecular complexity index is 679. The first-order valence-electron chi connectivity index (χ1n) is 4.92. The van der Waals surface area contributed by atoms with Gasteiger partial charge in [-0.05, 0) is 31.3 Å². The Morgan fingerprint density at radius 1 is 1.17 bits per heavy atom. The van der Waals surface area contributed by atoms with E-state index in [0.717, 1.165) is 0 Å². The van der Waals surface area contributed by atoms with Gasteiger partial charge in [0.15, 0.2) is 0 Å². The molecule has 1 heterocycles. The highest BCUT2D eigenvalue weighted by Gasteiger charge is 2.23. The number of furan rings is 1. The van der Waals surface area contributed by atoms with E-state index in [-0.39, 0.29) is 5.09 Å². The van der Waals surface area contributed by atoms with E-state index in [1.165, 1.54) is 19.4 Å². The Balaban J connectivity index is 2.67. The van der Waals surface area contributed by atoms with Crippen LogP contribution in [0.3, 0.4) is 0 Å². The van der Waals surface area contributed by atoms with E-state index in [4.69, 9.17) is 27.6 Å². The van der Waals surface area contributed by atoms with Crippen LogP contribution in [-0.4, -0.2) is 15.5 Å². The van der Waals surface area contributed by atoms with Gasteiger partial charge in [-0.1, -0.05) is 23.2 Å². The van der Waals surface area contributed by atoms with Crippen molar-refractivity contribution in [2.75, 3.05) is 7.05 Å². The van der Waals surface area contributed by atoms with Crippen molar-refractivity contribution >= 4 is 33.2 Å². The minimum Gasteiger partial charge on any atom is -0.451 e. The van der Waals surface area contributed by atoms with Crippen LogP contribution in [-0.2, 0) is 10.0 Å². The second kappa shape index (κ2) is 4.93. The first-order valence-corrected chi connectivity index (χ1v) is 7.16. The van der Waals surface area contributed by atoms with Crippen molar-refractivity contribution < 1.29 is 12.8 Å². The van der Waals surface area contributed by atoms with E-state index in [2.05, 4.69) is 4.72 Å². The molecule has 2 rings (SSSR count). The largest absolute Gasteiger partial charge is 0.451 e. The van der Waals surface area contributed by atoms with Crippen LogP contribution in [0.4, 0.5) is 0 Å². The van der Waals surface area contributed by atoms with Crippen LogP contribution >= 0.6 is 23.2 Å². The molecular formula is C11H9Cl2NO3S. The van der Waals surface area contributed by atoms with Crippen molar-refractivity contribution in [1.82, 2.24) is 4.72 Å². The minimum absolute atomic E-state index is 0.186. The highest BCUT2D eigenvalue weighted by Crippen LogP contribution is 2.35. The molecular weight excluding hydrogens is 297 g/mol. The molecule has 18 heavy (non-hydrogen) atoms. The Kier molecular flexibility index (Phi) is 3.68. The normalized spacial score (nSPS) is 11.7. The summed E-state index contributed by atoms with van der Waals surface area (Å²) in [7, 11) is -2.37. The van der Waals surface area contributed by atoms with Gasteiger partial charge in [-0.15, -0.1) is 0 Å². The van der Waals surface area contributed by atoms with Crippen LogP contribution in [0.15, 0.2) is 40.0 Å². The fourth-order valence-electron chi connectivity index (χ4n) is 1.50. The third-order valence-corrected chi connectivity index (χ3v) is 4.27. The van der Waals surface area contributed by atoms with Crippen LogP contribution in [0.5, 0.6) is 0 Å². The molecule has 0 spiro atoms. The van der Waals surface area contributed by atoms with Gasteiger partial charge in [-0.3, -0.25) is 0 Å². The van der Waals surface area contributed by atoms with Gasteiger partial charge in [0.25, 0.3) is 10.0 Å². The number of nitrogens with one attached hydrogen (secondary N) is 1. The zero-order valence-corrected chi connectivity index (χ0v) is 11.6. The summed E-state index contributed by atoms with van der Waals surface area (Å²) < 4.78 is 30.8. The van der Waals surface area contributed by atoms with Crippen LogP contribution in [0, 0.1) is 0 Å². The summed E-state index contributed by atoms with van der Waals surface area (Å²) in [4.78, 5) is 0. The molecule has 0 saturated heterocycles. The predicted molar refractivity (Wildman–Crippen MR) is 70.4 cm³/mol. The second-order valence-electron chi connectivity index (χ2n) is 3.45. The zero-order valence-electron chi connectivity index (χ0n) is 9.28. The molecule has 0 saturated carbocycles. The molecule has 0 aliphatic rings. The van der Waals surface area contributed by atoms with Gasteiger partial charge in [0.1, 0.15) is 0 Å². The topological polar surface area (TPSA) is 59.3 Å². The highest BCUT2D eigenvalue weighted by atomic mass is 35.5. The third kappa shape index (κ3) is 2.40. The molecule has 2 aromatic rings. The lowest BCUT2D eigenvalue weighted by atomic mass is 10.1. The van der Waals surface area contributed by atoms with Gasteiger partial charge in [0.05, 0.1) is 6.26 Å². The van der Waals surface area contributed by atoms with Crippen molar-refractivity contribution in [1.29, 1.82) is 0 Å². The third-order valence-electron chi connectivity index (χ3n) is 2.36. The van der Waals surface area contributed by atoms with Gasteiger partial charge < -0.3 is 4.42 Å². The summed E-state index contributed by atoms with van der Waals surface area (Å²) in [6.45, 7) is 0. The van der Waals surface area contributed by atoms with Crippen molar-refractivity contribution in [3.63, 3.8) is 0 Å². The summed E-state index contributed by atoms with van der Waals surface area (Å²) in [5.74, 6) is 0. The summed E-state index contributed by atoms with van der Waals surface area (Å²) >= 11 is 11.9. The van der Waals surface area contributed by atoms with Crippen molar-refractivity contribution in [2.24, 2.45) is 0 Å². The molecule has 0 fully saturated rings. The highest BCUT2D eigenvalue weighted by molar-refractivity contribution is 7.89. The number of hydrogen-bond acceptors (Lipinski definition) is 3. The number of benzene rings is 1. The number of sulfonamides is 1. The Morgan fingerprint density at radius 3 is 2.56 bits per heavy atom. The summed E-state index contributed by atoms with van der Waals surface area (Å²) in [6.07, 6.45) is 1.29. The summed E-state index contributed by atoms with van der Waals surface area (Å²) in [5.41, 5.74) is 0.878. The standard InChI is InChI=1S/C11H9Cl2NO3S/c1-14-18(15,16)11-8(4-5-17-11)9-6-7(12)2-3-10(9)13/h2-6,14H,1H3. The first-order chi connectivity index (χ1) is 8.45. The molecule has 0 unspecified atom stereocenters. The van der Waals surface area contributed by atoms with E-state index in [0.29, 0.717) is 21.2 Å². The summed E-state index contributed by atoms with van der Waals surface area (Å²) in [6, 6.07) is 6.34. The van der Waals surface area contributed by atoms with Gasteiger partial charge in [0.2, 0.25) is 5.09 Å². The monoisotopic (exact) mass is 305 g/mol. The number of rotatable bonds is 3. The SMILES string of the molecule is CNS(=O)(=O)c1occc1-c1cc(Cl)ccc1Cl. The number of hydrogen-bond donors (Lipinski definition) is 1. The fraction of sp³-hybridized carbons (Fsp3) is 0.0909. The summed E-state index contributed by atoms with van der Waals surface area (Å²) in [5, 5.41) is 0.672. The maximum atomic E-state index is 11.8. The molecule has 0 bridgehead atoms. The maximum Gasteiger partial charge on any atom is 0.274 e. The molecule has 0 aliphatic carbocycles. The van der Waals surface area contributed by atoms with Crippen molar-refractivity contribution in [3.8, 4) is 11.1 Å². The molecule has 0 amide bonds. The zero-order chi connectivity index (χ0) is 13.3. The molecule has 1 N–H and O–H groups in total. The average molecular weight is 306 g/mol. The van der Waals surface area contributed by atoms with Crippen LogP contribution < -0.4 is 4.72 Å². The van der Waals surface area contributed by atoms with E-state index < -0.39 is 10.0 Å². The van der Waals surface area contributed by atoms with Gasteiger partial charge in [-0.2, -0.15) is 0 Å². The Hall–Kier alpha value is -1.01. The van der Waals surface area contributed by atoms with Crippen molar-refractivity contribution in [2.45, 2.75) is 5.09 Å². The van der Waals surface area contributed by atoms with E-state index in [1.54, 1.807) is 18.2 Å². The minimum atomic E-state index is -3.68. The second-order valence-corrected chi connectivity index (χ2v) is 6.08. The molecule has 0 aliphatic heterocycles. The lowest BCUT2D eigenvalue weighted by Gasteiger charge is -2.05. The lowest BCUT2D eigenvalue weighted by Crippen LogP contribution is -2.18. The number of halogens is 2. The Morgan fingerprint density at radius 2 is 1.89 bits per heavy atom. The smallest absolute Gasteiger partial charge is 0.274 e. The van der Waals surface area contributed by atoms with E-state index >= 15 is 0 Å². The molecule has 0 radical (unpaired) electrons. The fourth-order valence-corrected chi connectivity index (χ4v) is 2.73. The molecule has 0 atom stereocenters. The Labute approximate surface area is 115 Å². The van der Waals surface area contributed by atoms with E-state index in [9.17, 15) is 8.42 Å². The molecule has 7 heteroatoms.